The third-order valence-electron chi connectivity index (χ3n) is 4.12. The van der Waals surface area contributed by atoms with Crippen LogP contribution in [0.15, 0.2) is 36.4 Å². The van der Waals surface area contributed by atoms with Gasteiger partial charge in [0.15, 0.2) is 0 Å². The van der Waals surface area contributed by atoms with Crippen molar-refractivity contribution in [2.45, 2.75) is 44.6 Å². The molecule has 1 aromatic heterocycles. The molecule has 0 radical (unpaired) electrons. The standard InChI is InChI=1S/C17H20OS/c1-2-13-10-11-16(19-13)17(18)15-9-5-7-12-6-3-4-8-14(12)15/h3-4,6,8,10-11,15,17-18H,2,5,7,9H2,1H3. The third kappa shape index (κ3) is 2.47. The average Bonchev–Trinajstić information content (AvgIpc) is 2.95. The van der Waals surface area contributed by atoms with E-state index in [9.17, 15) is 5.11 Å². The quantitative estimate of drug-likeness (QED) is 0.874. The zero-order valence-electron chi connectivity index (χ0n) is 11.3. The molecule has 2 aromatic rings. The van der Waals surface area contributed by atoms with E-state index >= 15 is 0 Å². The molecule has 1 nitrogen and oxygen atoms in total. The fraction of sp³-hybridized carbons (Fsp3) is 0.412. The number of aryl methyl sites for hydroxylation is 2. The van der Waals surface area contributed by atoms with Crippen molar-refractivity contribution < 1.29 is 5.11 Å². The van der Waals surface area contributed by atoms with Crippen LogP contribution in [0.1, 0.15) is 52.7 Å². The Labute approximate surface area is 118 Å². The van der Waals surface area contributed by atoms with E-state index in [0.29, 0.717) is 0 Å². The summed E-state index contributed by atoms with van der Waals surface area (Å²) in [6.07, 6.45) is 4.15. The minimum Gasteiger partial charge on any atom is -0.387 e. The Hall–Kier alpha value is -1.12. The minimum atomic E-state index is -0.341. The van der Waals surface area contributed by atoms with Crippen LogP contribution in [0, 0.1) is 0 Å². The first-order valence-corrected chi connectivity index (χ1v) is 7.95. The maximum absolute atomic E-state index is 10.7. The van der Waals surface area contributed by atoms with Crippen molar-refractivity contribution in [2.75, 3.05) is 0 Å². The summed E-state index contributed by atoms with van der Waals surface area (Å²) in [5, 5.41) is 10.7. The number of hydrogen-bond donors (Lipinski definition) is 1. The van der Waals surface area contributed by atoms with E-state index < -0.39 is 0 Å². The maximum Gasteiger partial charge on any atom is 0.0950 e. The highest BCUT2D eigenvalue weighted by atomic mass is 32.1. The highest BCUT2D eigenvalue weighted by molar-refractivity contribution is 7.12. The Kier molecular flexibility index (Phi) is 3.72. The maximum atomic E-state index is 10.7. The molecule has 2 atom stereocenters. The molecule has 0 saturated heterocycles. The largest absolute Gasteiger partial charge is 0.387 e. The highest BCUT2D eigenvalue weighted by Gasteiger charge is 2.28. The lowest BCUT2D eigenvalue weighted by molar-refractivity contribution is 0.139. The molecule has 2 unspecified atom stereocenters. The summed E-state index contributed by atoms with van der Waals surface area (Å²) in [6.45, 7) is 2.16. The molecule has 0 fully saturated rings. The summed E-state index contributed by atoms with van der Waals surface area (Å²) in [7, 11) is 0. The Morgan fingerprint density at radius 2 is 2.11 bits per heavy atom. The van der Waals surface area contributed by atoms with Gasteiger partial charge in [0, 0.05) is 15.7 Å². The molecule has 1 N–H and O–H groups in total. The van der Waals surface area contributed by atoms with Gasteiger partial charge in [0.1, 0.15) is 0 Å². The van der Waals surface area contributed by atoms with E-state index in [4.69, 9.17) is 0 Å². The normalized spacial score (nSPS) is 20.0. The van der Waals surface area contributed by atoms with Crippen molar-refractivity contribution in [1.82, 2.24) is 0 Å². The lowest BCUT2D eigenvalue weighted by Crippen LogP contribution is -2.16. The molecule has 0 bridgehead atoms. The molecule has 100 valence electrons. The van der Waals surface area contributed by atoms with Crippen molar-refractivity contribution >= 4 is 11.3 Å². The topological polar surface area (TPSA) is 20.2 Å². The van der Waals surface area contributed by atoms with Crippen LogP contribution in [0.4, 0.5) is 0 Å². The zero-order chi connectivity index (χ0) is 13.2. The Bertz CT molecular complexity index is 558. The molecule has 0 amide bonds. The van der Waals surface area contributed by atoms with Crippen molar-refractivity contribution in [3.8, 4) is 0 Å². The van der Waals surface area contributed by atoms with Crippen LogP contribution in [0.2, 0.25) is 0 Å². The molecule has 0 aliphatic heterocycles. The Morgan fingerprint density at radius 3 is 2.89 bits per heavy atom. The van der Waals surface area contributed by atoms with Crippen LogP contribution in [0.3, 0.4) is 0 Å². The number of thiophene rings is 1. The summed E-state index contributed by atoms with van der Waals surface area (Å²) in [5.74, 6) is 0.272. The van der Waals surface area contributed by atoms with E-state index in [1.165, 1.54) is 22.4 Å². The predicted molar refractivity (Wildman–Crippen MR) is 80.8 cm³/mol. The van der Waals surface area contributed by atoms with Crippen LogP contribution in [0.5, 0.6) is 0 Å². The number of hydrogen-bond acceptors (Lipinski definition) is 2. The van der Waals surface area contributed by atoms with Gasteiger partial charge in [-0.25, -0.2) is 0 Å². The van der Waals surface area contributed by atoms with Crippen LogP contribution in [0.25, 0.3) is 0 Å². The van der Waals surface area contributed by atoms with Crippen molar-refractivity contribution in [1.29, 1.82) is 0 Å². The summed E-state index contributed by atoms with van der Waals surface area (Å²) in [4.78, 5) is 2.48. The highest BCUT2D eigenvalue weighted by Crippen LogP contribution is 2.41. The number of rotatable bonds is 3. The molecule has 2 heteroatoms. The number of benzene rings is 1. The monoisotopic (exact) mass is 272 g/mol. The molecular weight excluding hydrogens is 252 g/mol. The molecule has 1 aliphatic rings. The fourth-order valence-corrected chi connectivity index (χ4v) is 4.07. The molecule has 1 aromatic carbocycles. The first-order chi connectivity index (χ1) is 9.29. The Balaban J connectivity index is 1.90. The molecule has 0 saturated carbocycles. The van der Waals surface area contributed by atoms with Gasteiger partial charge in [-0.2, -0.15) is 0 Å². The van der Waals surface area contributed by atoms with Crippen LogP contribution < -0.4 is 0 Å². The van der Waals surface area contributed by atoms with E-state index in [0.717, 1.165) is 24.1 Å². The Morgan fingerprint density at radius 1 is 1.26 bits per heavy atom. The predicted octanol–water partition coefficient (Wildman–Crippen LogP) is 4.46. The van der Waals surface area contributed by atoms with Gasteiger partial charge in [-0.3, -0.25) is 0 Å². The summed E-state index contributed by atoms with van der Waals surface area (Å²) < 4.78 is 0. The van der Waals surface area contributed by atoms with Crippen LogP contribution in [-0.4, -0.2) is 5.11 Å². The second kappa shape index (κ2) is 5.48. The van der Waals surface area contributed by atoms with Gasteiger partial charge < -0.3 is 5.11 Å². The van der Waals surface area contributed by atoms with Crippen LogP contribution in [-0.2, 0) is 12.8 Å². The van der Waals surface area contributed by atoms with Crippen molar-refractivity contribution in [3.63, 3.8) is 0 Å². The second-order valence-corrected chi connectivity index (χ2v) is 6.50. The van der Waals surface area contributed by atoms with Gasteiger partial charge >= 0.3 is 0 Å². The number of aliphatic hydroxyl groups excluding tert-OH is 1. The average molecular weight is 272 g/mol. The van der Waals surface area contributed by atoms with Gasteiger partial charge in [0.25, 0.3) is 0 Å². The molecular formula is C17H20OS. The zero-order valence-corrected chi connectivity index (χ0v) is 12.1. The third-order valence-corrected chi connectivity index (χ3v) is 5.42. The lowest BCUT2D eigenvalue weighted by Gasteiger charge is -2.29. The minimum absolute atomic E-state index is 0.272. The lowest BCUT2D eigenvalue weighted by atomic mass is 9.79. The summed E-state index contributed by atoms with van der Waals surface area (Å²) in [5.41, 5.74) is 2.78. The molecule has 19 heavy (non-hydrogen) atoms. The molecule has 0 spiro atoms. The van der Waals surface area contributed by atoms with Gasteiger partial charge in [0.05, 0.1) is 6.10 Å². The molecule has 3 rings (SSSR count). The van der Waals surface area contributed by atoms with Crippen molar-refractivity contribution in [2.24, 2.45) is 0 Å². The van der Waals surface area contributed by atoms with E-state index in [-0.39, 0.29) is 12.0 Å². The van der Waals surface area contributed by atoms with E-state index in [1.807, 2.05) is 0 Å². The molecule has 1 heterocycles. The number of fused-ring (bicyclic) bond motifs is 1. The van der Waals surface area contributed by atoms with Gasteiger partial charge in [0.2, 0.25) is 0 Å². The van der Waals surface area contributed by atoms with Gasteiger partial charge in [-0.05, 0) is 48.9 Å². The fourth-order valence-electron chi connectivity index (χ4n) is 3.06. The van der Waals surface area contributed by atoms with Gasteiger partial charge in [-0.1, -0.05) is 31.2 Å². The van der Waals surface area contributed by atoms with Crippen molar-refractivity contribution in [3.05, 3.63) is 57.3 Å². The molecule has 1 aliphatic carbocycles. The first-order valence-electron chi connectivity index (χ1n) is 7.14. The van der Waals surface area contributed by atoms with E-state index in [2.05, 4.69) is 43.3 Å². The SMILES string of the molecule is CCc1ccc(C(O)C2CCCc3ccccc32)s1. The smallest absolute Gasteiger partial charge is 0.0950 e. The first kappa shape index (κ1) is 12.9. The number of aliphatic hydroxyl groups is 1. The van der Waals surface area contributed by atoms with E-state index in [1.54, 1.807) is 11.3 Å². The van der Waals surface area contributed by atoms with Crippen LogP contribution >= 0.6 is 11.3 Å². The second-order valence-electron chi connectivity index (χ2n) is 5.30. The summed E-state index contributed by atoms with van der Waals surface area (Å²) >= 11 is 1.76. The van der Waals surface area contributed by atoms with Gasteiger partial charge in [-0.15, -0.1) is 11.3 Å². The summed E-state index contributed by atoms with van der Waals surface area (Å²) in [6, 6.07) is 12.9.